The standard InChI is InChI=1S/C19H27FN2O3S/c1-12(26(24,25)17-7-5-15(20)6-8-17)9-18(23)22-19-13-3-2-4-14(19)11-16(21)10-13/h5-8,12-14,16,19H,2-4,9-11,21H2,1H3,(H,22,23). The van der Waals surface area contributed by atoms with E-state index >= 15 is 0 Å². The summed E-state index contributed by atoms with van der Waals surface area (Å²) in [4.78, 5) is 12.5. The lowest BCUT2D eigenvalue weighted by molar-refractivity contribution is -0.123. The summed E-state index contributed by atoms with van der Waals surface area (Å²) in [5.41, 5.74) is 6.11. The fourth-order valence-electron chi connectivity index (χ4n) is 4.50. The molecule has 0 radical (unpaired) electrons. The molecule has 3 rings (SSSR count). The van der Waals surface area contributed by atoms with Crippen LogP contribution in [0.1, 0.15) is 45.4 Å². The first-order chi connectivity index (χ1) is 12.3. The van der Waals surface area contributed by atoms with E-state index in [0.717, 1.165) is 37.8 Å². The van der Waals surface area contributed by atoms with Gasteiger partial charge >= 0.3 is 0 Å². The number of hydrogen-bond acceptors (Lipinski definition) is 4. The van der Waals surface area contributed by atoms with Gasteiger partial charge in [0.25, 0.3) is 0 Å². The maximum Gasteiger partial charge on any atom is 0.221 e. The summed E-state index contributed by atoms with van der Waals surface area (Å²) in [6, 6.07) is 5.03. The van der Waals surface area contributed by atoms with E-state index in [-0.39, 0.29) is 29.3 Å². The zero-order valence-corrected chi connectivity index (χ0v) is 15.8. The van der Waals surface area contributed by atoms with Crippen molar-refractivity contribution in [1.29, 1.82) is 0 Å². The van der Waals surface area contributed by atoms with Crippen molar-refractivity contribution in [1.82, 2.24) is 5.32 Å². The zero-order chi connectivity index (χ0) is 18.9. The molecule has 5 nitrogen and oxygen atoms in total. The SMILES string of the molecule is CC(CC(=O)NC1C2CCCC1CC(N)C2)S(=O)(=O)c1ccc(F)cc1. The number of nitrogens with two attached hydrogens (primary N) is 1. The fraction of sp³-hybridized carbons (Fsp3) is 0.632. The van der Waals surface area contributed by atoms with Crippen molar-refractivity contribution in [3.63, 3.8) is 0 Å². The van der Waals surface area contributed by atoms with E-state index in [4.69, 9.17) is 5.73 Å². The van der Waals surface area contributed by atoms with Gasteiger partial charge in [-0.1, -0.05) is 6.42 Å². The normalized spacial score (nSPS) is 29.8. The van der Waals surface area contributed by atoms with Gasteiger partial charge in [-0.3, -0.25) is 4.79 Å². The van der Waals surface area contributed by atoms with Gasteiger partial charge in [0, 0.05) is 18.5 Å². The molecule has 2 aliphatic carbocycles. The first-order valence-corrected chi connectivity index (χ1v) is 10.9. The van der Waals surface area contributed by atoms with Gasteiger partial charge in [0.05, 0.1) is 10.1 Å². The van der Waals surface area contributed by atoms with Gasteiger partial charge in [0.2, 0.25) is 5.91 Å². The fourth-order valence-corrected chi connectivity index (χ4v) is 5.85. The van der Waals surface area contributed by atoms with E-state index in [1.807, 2.05) is 0 Å². The molecule has 0 aliphatic heterocycles. The molecule has 26 heavy (non-hydrogen) atoms. The predicted molar refractivity (Wildman–Crippen MR) is 97.6 cm³/mol. The Labute approximate surface area is 154 Å². The summed E-state index contributed by atoms with van der Waals surface area (Å²) in [6.45, 7) is 1.52. The van der Waals surface area contributed by atoms with E-state index in [1.165, 1.54) is 25.5 Å². The largest absolute Gasteiger partial charge is 0.353 e. The third kappa shape index (κ3) is 4.09. The molecule has 0 saturated heterocycles. The number of carbonyl (C=O) groups excluding carboxylic acids is 1. The van der Waals surface area contributed by atoms with Crippen LogP contribution in [0.4, 0.5) is 4.39 Å². The van der Waals surface area contributed by atoms with Gasteiger partial charge in [-0.05, 0) is 68.7 Å². The molecule has 0 spiro atoms. The number of fused-ring (bicyclic) bond motifs is 2. The van der Waals surface area contributed by atoms with Crippen molar-refractivity contribution in [3.05, 3.63) is 30.1 Å². The monoisotopic (exact) mass is 382 g/mol. The zero-order valence-electron chi connectivity index (χ0n) is 15.0. The number of amides is 1. The van der Waals surface area contributed by atoms with Gasteiger partial charge in [0.15, 0.2) is 9.84 Å². The number of nitrogens with one attached hydrogen (secondary N) is 1. The summed E-state index contributed by atoms with van der Waals surface area (Å²) in [7, 11) is -3.67. The Balaban J connectivity index is 1.63. The molecule has 3 unspecified atom stereocenters. The summed E-state index contributed by atoms with van der Waals surface area (Å²) in [5, 5.41) is 2.22. The molecule has 2 aliphatic rings. The number of sulfone groups is 1. The van der Waals surface area contributed by atoms with Gasteiger partial charge in [-0.15, -0.1) is 0 Å². The van der Waals surface area contributed by atoms with Crippen molar-refractivity contribution in [3.8, 4) is 0 Å². The molecule has 144 valence electrons. The molecule has 1 aromatic rings. The van der Waals surface area contributed by atoms with Crippen molar-refractivity contribution in [2.75, 3.05) is 0 Å². The molecule has 2 bridgehead atoms. The molecule has 1 amide bonds. The van der Waals surface area contributed by atoms with Gasteiger partial charge < -0.3 is 11.1 Å². The lowest BCUT2D eigenvalue weighted by Crippen LogP contribution is -2.54. The van der Waals surface area contributed by atoms with Crippen molar-refractivity contribution >= 4 is 15.7 Å². The first kappa shape index (κ1) is 19.3. The summed E-state index contributed by atoms with van der Waals surface area (Å²) in [5.74, 6) is 0.0628. The summed E-state index contributed by atoms with van der Waals surface area (Å²) in [6.07, 6.45) is 5.05. The van der Waals surface area contributed by atoms with Crippen LogP contribution in [0.2, 0.25) is 0 Å². The highest BCUT2D eigenvalue weighted by molar-refractivity contribution is 7.92. The quantitative estimate of drug-likeness (QED) is 0.765. The molecule has 0 aromatic heterocycles. The van der Waals surface area contributed by atoms with Crippen molar-refractivity contribution in [2.24, 2.45) is 17.6 Å². The maximum absolute atomic E-state index is 13.0. The minimum Gasteiger partial charge on any atom is -0.353 e. The highest BCUT2D eigenvalue weighted by atomic mass is 32.2. The molecule has 2 saturated carbocycles. The number of hydrogen-bond donors (Lipinski definition) is 2. The second-order valence-electron chi connectivity index (χ2n) is 7.79. The van der Waals surface area contributed by atoms with Crippen molar-refractivity contribution < 1.29 is 17.6 Å². The van der Waals surface area contributed by atoms with Gasteiger partial charge in [0.1, 0.15) is 5.82 Å². The van der Waals surface area contributed by atoms with Crippen LogP contribution in [-0.2, 0) is 14.6 Å². The van der Waals surface area contributed by atoms with E-state index in [2.05, 4.69) is 5.32 Å². The second kappa shape index (κ2) is 7.64. The Morgan fingerprint density at radius 3 is 2.38 bits per heavy atom. The average molecular weight is 383 g/mol. The Morgan fingerprint density at radius 2 is 1.81 bits per heavy atom. The van der Waals surface area contributed by atoms with E-state index < -0.39 is 20.9 Å². The highest BCUT2D eigenvalue weighted by Crippen LogP contribution is 2.39. The Bertz CT molecular complexity index is 737. The smallest absolute Gasteiger partial charge is 0.221 e. The van der Waals surface area contributed by atoms with Crippen LogP contribution in [0.25, 0.3) is 0 Å². The lowest BCUT2D eigenvalue weighted by Gasteiger charge is -2.45. The van der Waals surface area contributed by atoms with Crippen LogP contribution in [0.5, 0.6) is 0 Å². The van der Waals surface area contributed by atoms with E-state index in [1.54, 1.807) is 0 Å². The van der Waals surface area contributed by atoms with Gasteiger partial charge in [-0.25, -0.2) is 12.8 Å². The number of carbonyl (C=O) groups is 1. The number of benzene rings is 1. The van der Waals surface area contributed by atoms with Crippen molar-refractivity contribution in [2.45, 2.75) is 67.7 Å². The van der Waals surface area contributed by atoms with Crippen LogP contribution in [0.3, 0.4) is 0 Å². The van der Waals surface area contributed by atoms with E-state index in [0.29, 0.717) is 11.8 Å². The average Bonchev–Trinajstić information content (AvgIpc) is 2.56. The molecule has 7 heteroatoms. The van der Waals surface area contributed by atoms with Crippen LogP contribution in [0.15, 0.2) is 29.2 Å². The Kier molecular flexibility index (Phi) is 5.67. The maximum atomic E-state index is 13.0. The highest BCUT2D eigenvalue weighted by Gasteiger charge is 2.40. The third-order valence-electron chi connectivity index (χ3n) is 5.85. The topological polar surface area (TPSA) is 89.3 Å². The molecular formula is C19H27FN2O3S. The molecular weight excluding hydrogens is 355 g/mol. The molecule has 2 fully saturated rings. The van der Waals surface area contributed by atoms with Gasteiger partial charge in [-0.2, -0.15) is 0 Å². The summed E-state index contributed by atoms with van der Waals surface area (Å²) < 4.78 is 38.2. The number of halogens is 1. The second-order valence-corrected chi connectivity index (χ2v) is 10.2. The van der Waals surface area contributed by atoms with Crippen LogP contribution in [0, 0.1) is 17.7 Å². The number of rotatable bonds is 5. The molecule has 3 atom stereocenters. The molecule has 3 N–H and O–H groups in total. The first-order valence-electron chi connectivity index (χ1n) is 9.31. The minimum atomic E-state index is -3.67. The van der Waals surface area contributed by atoms with Crippen LogP contribution >= 0.6 is 0 Å². The minimum absolute atomic E-state index is 0.0414. The predicted octanol–water partition coefficient (Wildman–Crippen LogP) is 2.40. The Morgan fingerprint density at radius 1 is 1.23 bits per heavy atom. The van der Waals surface area contributed by atoms with Crippen LogP contribution in [-0.4, -0.2) is 31.7 Å². The Hall–Kier alpha value is -1.47. The molecule has 1 aromatic carbocycles. The van der Waals surface area contributed by atoms with E-state index in [9.17, 15) is 17.6 Å². The summed E-state index contributed by atoms with van der Waals surface area (Å²) >= 11 is 0. The third-order valence-corrected chi connectivity index (χ3v) is 8.00. The lowest BCUT2D eigenvalue weighted by atomic mass is 9.67. The molecule has 0 heterocycles. The van der Waals surface area contributed by atoms with Crippen LogP contribution < -0.4 is 11.1 Å².